The minimum Gasteiger partial charge on any atom is -0.298 e. The van der Waals surface area contributed by atoms with Gasteiger partial charge >= 0.3 is 0 Å². The van der Waals surface area contributed by atoms with Gasteiger partial charge in [-0.25, -0.2) is 4.98 Å². The molecule has 0 amide bonds. The fourth-order valence-corrected chi connectivity index (χ4v) is 3.00. The number of benzene rings is 1. The number of fused-ring (bicyclic) bond motifs is 1. The van der Waals surface area contributed by atoms with Gasteiger partial charge in [-0.15, -0.1) is 0 Å². The second-order valence-corrected chi connectivity index (χ2v) is 6.27. The van der Waals surface area contributed by atoms with Gasteiger partial charge in [0, 0.05) is 31.7 Å². The molecule has 0 fully saturated rings. The maximum Gasteiger partial charge on any atom is 0.157 e. The summed E-state index contributed by atoms with van der Waals surface area (Å²) in [6, 6.07) is 11.1. The van der Waals surface area contributed by atoms with Crippen molar-refractivity contribution in [2.45, 2.75) is 33.4 Å². The average Bonchev–Trinajstić information content (AvgIpc) is 2.82. The Labute approximate surface area is 137 Å². The predicted octanol–water partition coefficient (Wildman–Crippen LogP) is 3.47. The van der Waals surface area contributed by atoms with Crippen LogP contribution in [-0.4, -0.2) is 26.7 Å². The summed E-state index contributed by atoms with van der Waals surface area (Å²) >= 11 is 0. The Balaban J connectivity index is 1.71. The van der Waals surface area contributed by atoms with E-state index < -0.39 is 0 Å². The zero-order valence-electron chi connectivity index (χ0n) is 14.4. The number of rotatable bonds is 5. The van der Waals surface area contributed by atoms with E-state index in [2.05, 4.69) is 59.3 Å². The quantitative estimate of drug-likeness (QED) is 0.724. The van der Waals surface area contributed by atoms with Gasteiger partial charge in [0.15, 0.2) is 5.65 Å². The molecule has 4 heteroatoms. The number of nitrogens with zero attached hydrogens (tertiary/aromatic N) is 4. The molecule has 2 heterocycles. The largest absolute Gasteiger partial charge is 0.298 e. The van der Waals surface area contributed by atoms with E-state index >= 15 is 0 Å². The van der Waals surface area contributed by atoms with Crippen LogP contribution >= 0.6 is 0 Å². The lowest BCUT2D eigenvalue weighted by molar-refractivity contribution is 0.319. The van der Waals surface area contributed by atoms with Gasteiger partial charge < -0.3 is 0 Å². The first-order chi connectivity index (χ1) is 11.1. The standard InChI is InChI=1S/C19H24N4/c1-5-15-6-8-16(9-7-15)12-22(3)13-17-10-18-14(2)21-23(4)19(18)20-11-17/h6-11H,5,12-13H2,1-4H3. The normalized spacial score (nSPS) is 11.5. The molecule has 0 saturated heterocycles. The average molecular weight is 308 g/mol. The first kappa shape index (κ1) is 15.7. The molecule has 1 aromatic carbocycles. The molecule has 2 aromatic heterocycles. The van der Waals surface area contributed by atoms with E-state index in [1.807, 2.05) is 24.9 Å². The van der Waals surface area contributed by atoms with Gasteiger partial charge in [0.1, 0.15) is 0 Å². The van der Waals surface area contributed by atoms with E-state index in [1.165, 1.54) is 16.7 Å². The van der Waals surface area contributed by atoms with E-state index in [4.69, 9.17) is 0 Å². The van der Waals surface area contributed by atoms with Crippen molar-refractivity contribution in [3.05, 3.63) is 58.9 Å². The Bertz CT molecular complexity index is 802. The summed E-state index contributed by atoms with van der Waals surface area (Å²) in [6.45, 7) is 6.04. The molecular formula is C19H24N4. The SMILES string of the molecule is CCc1ccc(CN(C)Cc2cnc3c(c2)c(C)nn3C)cc1. The van der Waals surface area contributed by atoms with Crippen molar-refractivity contribution < 1.29 is 0 Å². The summed E-state index contributed by atoms with van der Waals surface area (Å²) in [4.78, 5) is 6.87. The van der Waals surface area contributed by atoms with Crippen molar-refractivity contribution in [2.75, 3.05) is 7.05 Å². The fraction of sp³-hybridized carbons (Fsp3) is 0.368. The maximum atomic E-state index is 4.56. The zero-order chi connectivity index (χ0) is 16.4. The molecular weight excluding hydrogens is 284 g/mol. The molecule has 0 aliphatic carbocycles. The van der Waals surface area contributed by atoms with Crippen LogP contribution < -0.4 is 0 Å². The Hall–Kier alpha value is -2.20. The molecule has 0 spiro atoms. The third-order valence-corrected chi connectivity index (χ3v) is 4.26. The van der Waals surface area contributed by atoms with E-state index in [9.17, 15) is 0 Å². The maximum absolute atomic E-state index is 4.56. The predicted molar refractivity (Wildman–Crippen MR) is 94.2 cm³/mol. The van der Waals surface area contributed by atoms with Crippen LogP contribution in [0.1, 0.15) is 29.3 Å². The van der Waals surface area contributed by atoms with Crippen LogP contribution in [0, 0.1) is 6.92 Å². The van der Waals surface area contributed by atoms with Crippen LogP contribution in [0.15, 0.2) is 36.5 Å². The van der Waals surface area contributed by atoms with E-state index in [0.717, 1.165) is 36.2 Å². The van der Waals surface area contributed by atoms with Gasteiger partial charge in [0.25, 0.3) is 0 Å². The van der Waals surface area contributed by atoms with Crippen molar-refractivity contribution >= 4 is 11.0 Å². The summed E-state index contributed by atoms with van der Waals surface area (Å²) in [5.74, 6) is 0. The first-order valence-electron chi connectivity index (χ1n) is 8.11. The van der Waals surface area contributed by atoms with Crippen LogP contribution in [-0.2, 0) is 26.6 Å². The van der Waals surface area contributed by atoms with Gasteiger partial charge in [0.2, 0.25) is 0 Å². The number of aryl methyl sites for hydroxylation is 3. The highest BCUT2D eigenvalue weighted by Gasteiger charge is 2.08. The minimum absolute atomic E-state index is 0.882. The summed E-state index contributed by atoms with van der Waals surface area (Å²) in [7, 11) is 4.09. The van der Waals surface area contributed by atoms with Gasteiger partial charge in [-0.3, -0.25) is 9.58 Å². The van der Waals surface area contributed by atoms with E-state index in [-0.39, 0.29) is 0 Å². The molecule has 0 atom stereocenters. The highest BCUT2D eigenvalue weighted by atomic mass is 15.3. The molecule has 4 nitrogen and oxygen atoms in total. The monoisotopic (exact) mass is 308 g/mol. The number of hydrogen-bond donors (Lipinski definition) is 0. The number of pyridine rings is 1. The lowest BCUT2D eigenvalue weighted by atomic mass is 10.1. The Morgan fingerprint density at radius 1 is 1.04 bits per heavy atom. The second kappa shape index (κ2) is 6.50. The summed E-state index contributed by atoms with van der Waals surface area (Å²) < 4.78 is 1.84. The Morgan fingerprint density at radius 2 is 1.70 bits per heavy atom. The van der Waals surface area contributed by atoms with Crippen LogP contribution in [0.2, 0.25) is 0 Å². The number of aromatic nitrogens is 3. The smallest absolute Gasteiger partial charge is 0.157 e. The third-order valence-electron chi connectivity index (χ3n) is 4.26. The van der Waals surface area contributed by atoms with Crippen LogP contribution in [0.5, 0.6) is 0 Å². The molecule has 3 rings (SSSR count). The molecule has 0 bridgehead atoms. The van der Waals surface area contributed by atoms with Gasteiger partial charge in [0.05, 0.1) is 5.69 Å². The summed E-state index contributed by atoms with van der Waals surface area (Å²) in [5, 5.41) is 5.58. The number of hydrogen-bond acceptors (Lipinski definition) is 3. The lowest BCUT2D eigenvalue weighted by Gasteiger charge is -2.17. The molecule has 0 N–H and O–H groups in total. The first-order valence-corrected chi connectivity index (χ1v) is 8.11. The zero-order valence-corrected chi connectivity index (χ0v) is 14.4. The molecule has 0 aliphatic rings. The molecule has 3 aromatic rings. The lowest BCUT2D eigenvalue weighted by Crippen LogP contribution is -2.17. The topological polar surface area (TPSA) is 34.0 Å². The van der Waals surface area contributed by atoms with Crippen molar-refractivity contribution in [3.63, 3.8) is 0 Å². The molecule has 0 saturated carbocycles. The fourth-order valence-electron chi connectivity index (χ4n) is 3.00. The molecule has 23 heavy (non-hydrogen) atoms. The third kappa shape index (κ3) is 3.42. The van der Waals surface area contributed by atoms with Crippen LogP contribution in [0.3, 0.4) is 0 Å². The Morgan fingerprint density at radius 3 is 2.39 bits per heavy atom. The van der Waals surface area contributed by atoms with Gasteiger partial charge in [-0.05, 0) is 43.1 Å². The molecule has 0 radical (unpaired) electrons. The highest BCUT2D eigenvalue weighted by molar-refractivity contribution is 5.78. The summed E-state index contributed by atoms with van der Waals surface area (Å²) in [6.07, 6.45) is 3.05. The minimum atomic E-state index is 0.882. The Kier molecular flexibility index (Phi) is 4.44. The van der Waals surface area contributed by atoms with E-state index in [1.54, 1.807) is 0 Å². The van der Waals surface area contributed by atoms with Gasteiger partial charge in [-0.1, -0.05) is 31.2 Å². The highest BCUT2D eigenvalue weighted by Crippen LogP contribution is 2.18. The molecule has 0 unspecified atom stereocenters. The van der Waals surface area contributed by atoms with Crippen LogP contribution in [0.25, 0.3) is 11.0 Å². The van der Waals surface area contributed by atoms with Crippen LogP contribution in [0.4, 0.5) is 0 Å². The van der Waals surface area contributed by atoms with Crippen molar-refractivity contribution in [3.8, 4) is 0 Å². The van der Waals surface area contributed by atoms with Crippen molar-refractivity contribution in [1.82, 2.24) is 19.7 Å². The molecule has 120 valence electrons. The second-order valence-electron chi connectivity index (χ2n) is 6.27. The van der Waals surface area contributed by atoms with Gasteiger partial charge in [-0.2, -0.15) is 5.10 Å². The summed E-state index contributed by atoms with van der Waals surface area (Å²) in [5.41, 5.74) is 5.94. The van der Waals surface area contributed by atoms with Crippen molar-refractivity contribution in [1.29, 1.82) is 0 Å². The van der Waals surface area contributed by atoms with E-state index in [0.29, 0.717) is 0 Å². The molecule has 0 aliphatic heterocycles. The van der Waals surface area contributed by atoms with Crippen molar-refractivity contribution in [2.24, 2.45) is 7.05 Å².